The summed E-state index contributed by atoms with van der Waals surface area (Å²) in [5.41, 5.74) is -1.13. The fourth-order valence-corrected chi connectivity index (χ4v) is 3.29. The Labute approximate surface area is 138 Å². The van der Waals surface area contributed by atoms with Gasteiger partial charge < -0.3 is 10.0 Å². The van der Waals surface area contributed by atoms with Gasteiger partial charge in [0.05, 0.1) is 28.6 Å². The number of nitrogens with one attached hydrogen (secondary N) is 1. The largest absolute Gasteiger partial charge is 0.388 e. The van der Waals surface area contributed by atoms with E-state index in [1.54, 1.807) is 7.05 Å². The number of hydrogen-bond acceptors (Lipinski definition) is 3. The number of aromatic amines is 1. The highest BCUT2D eigenvalue weighted by Crippen LogP contribution is 2.31. The first kappa shape index (κ1) is 16.6. The number of aliphatic hydroxyl groups is 1. The average molecular weight is 335 g/mol. The highest BCUT2D eigenvalue weighted by Gasteiger charge is 2.34. The van der Waals surface area contributed by atoms with Crippen molar-refractivity contribution in [2.45, 2.75) is 31.3 Å². The van der Waals surface area contributed by atoms with Crippen LogP contribution in [-0.4, -0.2) is 45.3 Å². The molecule has 5 nitrogen and oxygen atoms in total. The third-order valence-electron chi connectivity index (χ3n) is 4.49. The van der Waals surface area contributed by atoms with Crippen molar-refractivity contribution in [2.24, 2.45) is 0 Å². The highest BCUT2D eigenvalue weighted by molar-refractivity contribution is 5.99. The van der Waals surface area contributed by atoms with Gasteiger partial charge in [-0.25, -0.2) is 8.78 Å². The number of hydrogen-bond donors (Lipinski definition) is 2. The van der Waals surface area contributed by atoms with Crippen LogP contribution < -0.4 is 0 Å². The van der Waals surface area contributed by atoms with Crippen molar-refractivity contribution in [3.8, 4) is 11.3 Å². The van der Waals surface area contributed by atoms with Gasteiger partial charge in [0.1, 0.15) is 11.6 Å². The lowest BCUT2D eigenvalue weighted by atomic mass is 10.0. The van der Waals surface area contributed by atoms with Crippen molar-refractivity contribution < 1.29 is 18.7 Å². The van der Waals surface area contributed by atoms with Gasteiger partial charge in [-0.1, -0.05) is 18.9 Å². The maximum atomic E-state index is 14.0. The van der Waals surface area contributed by atoms with E-state index >= 15 is 0 Å². The van der Waals surface area contributed by atoms with Crippen LogP contribution in [0.2, 0.25) is 0 Å². The van der Waals surface area contributed by atoms with E-state index in [-0.39, 0.29) is 23.4 Å². The van der Waals surface area contributed by atoms with Crippen LogP contribution in [0.15, 0.2) is 24.4 Å². The van der Waals surface area contributed by atoms with E-state index in [9.17, 15) is 18.7 Å². The normalized spacial score (nSPS) is 16.3. The first-order chi connectivity index (χ1) is 11.4. The molecule has 1 aliphatic carbocycles. The Kier molecular flexibility index (Phi) is 4.36. The number of benzene rings is 1. The van der Waals surface area contributed by atoms with Crippen molar-refractivity contribution >= 4 is 5.91 Å². The molecule has 0 bridgehead atoms. The molecule has 1 aliphatic rings. The van der Waals surface area contributed by atoms with Gasteiger partial charge in [0.2, 0.25) is 0 Å². The molecule has 3 rings (SSSR count). The zero-order chi connectivity index (χ0) is 17.3. The second-order valence-electron chi connectivity index (χ2n) is 6.35. The van der Waals surface area contributed by atoms with Crippen LogP contribution in [0, 0.1) is 11.6 Å². The molecule has 24 heavy (non-hydrogen) atoms. The minimum atomic E-state index is -0.891. The number of carbonyl (C=O) groups excluding carboxylic acids is 1. The number of halogens is 2. The Hall–Kier alpha value is -2.28. The lowest BCUT2D eigenvalue weighted by Gasteiger charge is -2.28. The number of rotatable bonds is 4. The van der Waals surface area contributed by atoms with Gasteiger partial charge in [-0.2, -0.15) is 5.10 Å². The molecule has 0 aliphatic heterocycles. The van der Waals surface area contributed by atoms with Crippen LogP contribution >= 0.6 is 0 Å². The molecule has 2 N–H and O–H groups in total. The van der Waals surface area contributed by atoms with Gasteiger partial charge in [0.15, 0.2) is 0 Å². The fraction of sp³-hybridized carbons (Fsp3) is 0.412. The number of carbonyl (C=O) groups is 1. The molecule has 2 aromatic rings. The van der Waals surface area contributed by atoms with Crippen LogP contribution in [0.4, 0.5) is 8.78 Å². The molecule has 1 heterocycles. The Morgan fingerprint density at radius 2 is 1.96 bits per heavy atom. The number of aromatic nitrogens is 2. The summed E-state index contributed by atoms with van der Waals surface area (Å²) in [4.78, 5) is 14.0. The number of amides is 1. The van der Waals surface area contributed by atoms with Crippen LogP contribution in [0.25, 0.3) is 11.3 Å². The highest BCUT2D eigenvalue weighted by atomic mass is 19.1. The lowest BCUT2D eigenvalue weighted by Crippen LogP contribution is -2.42. The molecular weight excluding hydrogens is 316 g/mol. The number of nitrogens with zero attached hydrogens (tertiary/aromatic N) is 2. The summed E-state index contributed by atoms with van der Waals surface area (Å²) in [6.45, 7) is 0.177. The summed E-state index contributed by atoms with van der Waals surface area (Å²) < 4.78 is 28.0. The van der Waals surface area contributed by atoms with Gasteiger partial charge in [0, 0.05) is 13.6 Å². The topological polar surface area (TPSA) is 69.2 Å². The second-order valence-corrected chi connectivity index (χ2v) is 6.35. The van der Waals surface area contributed by atoms with Gasteiger partial charge in [-0.15, -0.1) is 0 Å². The number of H-pyrrole nitrogens is 1. The van der Waals surface area contributed by atoms with E-state index < -0.39 is 23.1 Å². The molecule has 128 valence electrons. The standard InChI is InChI=1S/C17H19F2N3O2/c1-22(10-17(24)7-2-3-8-17)16(23)11-9-20-21-15(11)14-12(18)5-4-6-13(14)19/h4-6,9,24H,2-3,7-8,10H2,1H3,(H,20,21). The first-order valence-corrected chi connectivity index (χ1v) is 7.87. The van der Waals surface area contributed by atoms with Gasteiger partial charge in [0.25, 0.3) is 5.91 Å². The predicted octanol–water partition coefficient (Wildman–Crippen LogP) is 2.73. The van der Waals surface area contributed by atoms with E-state index in [0.717, 1.165) is 25.0 Å². The van der Waals surface area contributed by atoms with Crippen molar-refractivity contribution in [1.82, 2.24) is 15.1 Å². The summed E-state index contributed by atoms with van der Waals surface area (Å²) in [7, 11) is 1.56. The Morgan fingerprint density at radius 1 is 1.33 bits per heavy atom. The monoisotopic (exact) mass is 335 g/mol. The maximum Gasteiger partial charge on any atom is 0.257 e. The molecule has 1 aromatic heterocycles. The molecular formula is C17H19F2N3O2. The summed E-state index contributed by atoms with van der Waals surface area (Å²) in [6, 6.07) is 3.50. The average Bonchev–Trinajstić information content (AvgIpc) is 3.16. The minimum absolute atomic E-state index is 0.000798. The maximum absolute atomic E-state index is 14.0. The Bertz CT molecular complexity index is 734. The molecule has 0 spiro atoms. The molecule has 1 amide bonds. The third kappa shape index (κ3) is 3.03. The second kappa shape index (κ2) is 6.32. The van der Waals surface area contributed by atoms with Crippen molar-refractivity contribution in [2.75, 3.05) is 13.6 Å². The van der Waals surface area contributed by atoms with Crippen LogP contribution in [-0.2, 0) is 0 Å². The smallest absolute Gasteiger partial charge is 0.257 e. The van der Waals surface area contributed by atoms with Crippen molar-refractivity contribution in [3.05, 3.63) is 41.6 Å². The zero-order valence-electron chi connectivity index (χ0n) is 13.4. The van der Waals surface area contributed by atoms with Crippen LogP contribution in [0.5, 0.6) is 0 Å². The molecule has 0 atom stereocenters. The molecule has 7 heteroatoms. The zero-order valence-corrected chi connectivity index (χ0v) is 13.4. The van der Waals surface area contributed by atoms with Gasteiger partial charge in [-0.05, 0) is 25.0 Å². The summed E-state index contributed by atoms with van der Waals surface area (Å²) >= 11 is 0. The predicted molar refractivity (Wildman–Crippen MR) is 84.3 cm³/mol. The SMILES string of the molecule is CN(CC1(O)CCCC1)C(=O)c1cn[nH]c1-c1c(F)cccc1F. The van der Waals surface area contributed by atoms with Crippen molar-refractivity contribution in [1.29, 1.82) is 0 Å². The Balaban J connectivity index is 1.88. The number of likely N-dealkylation sites (N-methyl/N-ethyl adjacent to an activating group) is 1. The molecule has 0 saturated heterocycles. The van der Waals surface area contributed by atoms with Crippen molar-refractivity contribution in [3.63, 3.8) is 0 Å². The quantitative estimate of drug-likeness (QED) is 0.903. The summed E-state index contributed by atoms with van der Waals surface area (Å²) in [5.74, 6) is -1.99. The van der Waals surface area contributed by atoms with E-state index in [1.165, 1.54) is 17.2 Å². The van der Waals surface area contributed by atoms with Crippen LogP contribution in [0.3, 0.4) is 0 Å². The van der Waals surface area contributed by atoms with E-state index in [2.05, 4.69) is 10.2 Å². The Morgan fingerprint density at radius 3 is 2.58 bits per heavy atom. The summed E-state index contributed by atoms with van der Waals surface area (Å²) in [6.07, 6.45) is 4.39. The van der Waals surface area contributed by atoms with Gasteiger partial charge >= 0.3 is 0 Å². The first-order valence-electron chi connectivity index (χ1n) is 7.87. The van der Waals surface area contributed by atoms with Gasteiger partial charge in [-0.3, -0.25) is 9.89 Å². The molecule has 1 saturated carbocycles. The molecule has 0 unspecified atom stereocenters. The fourth-order valence-electron chi connectivity index (χ4n) is 3.29. The summed E-state index contributed by atoms with van der Waals surface area (Å²) in [5, 5.41) is 16.7. The van der Waals surface area contributed by atoms with E-state index in [0.29, 0.717) is 12.8 Å². The molecule has 1 aromatic carbocycles. The third-order valence-corrected chi connectivity index (χ3v) is 4.49. The van der Waals surface area contributed by atoms with E-state index in [1.807, 2.05) is 0 Å². The minimum Gasteiger partial charge on any atom is -0.388 e. The van der Waals surface area contributed by atoms with E-state index in [4.69, 9.17) is 0 Å². The molecule has 0 radical (unpaired) electrons. The van der Waals surface area contributed by atoms with Crippen LogP contribution in [0.1, 0.15) is 36.0 Å². The molecule has 1 fully saturated rings. The lowest BCUT2D eigenvalue weighted by molar-refractivity contribution is 0.0157.